The third-order valence-corrected chi connectivity index (χ3v) is 3.73. The molecule has 2 rings (SSSR count). The molecule has 1 unspecified atom stereocenters. The van der Waals surface area contributed by atoms with E-state index in [9.17, 15) is 4.79 Å². The number of hydrogen-bond donors (Lipinski definition) is 1. The molecule has 1 fully saturated rings. The van der Waals surface area contributed by atoms with Crippen LogP contribution in [0.15, 0.2) is 18.2 Å². The third-order valence-electron chi connectivity index (χ3n) is 3.17. The summed E-state index contributed by atoms with van der Waals surface area (Å²) >= 11 is 11.9. The van der Waals surface area contributed by atoms with Gasteiger partial charge in [-0.05, 0) is 43.9 Å². The van der Waals surface area contributed by atoms with E-state index in [-0.39, 0.29) is 12.0 Å². The number of anilines is 1. The monoisotopic (exact) mass is 301 g/mol. The first-order valence-electron chi connectivity index (χ1n) is 6.51. The zero-order valence-corrected chi connectivity index (χ0v) is 12.1. The first-order valence-corrected chi connectivity index (χ1v) is 7.27. The molecule has 104 valence electrons. The van der Waals surface area contributed by atoms with E-state index in [0.717, 1.165) is 25.9 Å². The van der Waals surface area contributed by atoms with Gasteiger partial charge >= 0.3 is 0 Å². The molecule has 3 nitrogen and oxygen atoms in total. The van der Waals surface area contributed by atoms with Crippen LogP contribution in [0.5, 0.6) is 0 Å². The third kappa shape index (κ3) is 4.68. The number of carbonyl (C=O) groups is 1. The molecule has 1 aromatic carbocycles. The van der Waals surface area contributed by atoms with Gasteiger partial charge in [0.25, 0.3) is 0 Å². The van der Waals surface area contributed by atoms with Gasteiger partial charge in [-0.2, -0.15) is 0 Å². The predicted octanol–water partition coefficient (Wildman–Crippen LogP) is 4.28. The number of ether oxygens (including phenoxy) is 1. The van der Waals surface area contributed by atoms with Gasteiger partial charge in [0, 0.05) is 18.1 Å². The summed E-state index contributed by atoms with van der Waals surface area (Å²) in [4.78, 5) is 11.9. The maximum absolute atomic E-state index is 11.9. The summed E-state index contributed by atoms with van der Waals surface area (Å²) in [5.41, 5.74) is 0.559. The summed E-state index contributed by atoms with van der Waals surface area (Å²) in [6, 6.07) is 5.01. The largest absolute Gasteiger partial charge is 0.378 e. The molecule has 1 aromatic rings. The van der Waals surface area contributed by atoms with Crippen molar-refractivity contribution in [2.24, 2.45) is 0 Å². The molecule has 0 spiro atoms. The molecule has 0 saturated carbocycles. The van der Waals surface area contributed by atoms with Crippen LogP contribution in [0.4, 0.5) is 5.69 Å². The molecule has 0 radical (unpaired) electrons. The minimum atomic E-state index is -0.0571. The van der Waals surface area contributed by atoms with E-state index >= 15 is 0 Å². The average molecular weight is 302 g/mol. The fourth-order valence-corrected chi connectivity index (χ4v) is 2.47. The van der Waals surface area contributed by atoms with Crippen molar-refractivity contribution < 1.29 is 9.53 Å². The van der Waals surface area contributed by atoms with Crippen molar-refractivity contribution >= 4 is 34.8 Å². The second-order valence-electron chi connectivity index (χ2n) is 4.70. The SMILES string of the molecule is O=C(CCC1CCCCO1)Nc1cc(Cl)ccc1Cl. The van der Waals surface area contributed by atoms with E-state index in [1.165, 1.54) is 6.42 Å². The first-order chi connectivity index (χ1) is 9.15. The number of benzene rings is 1. The lowest BCUT2D eigenvalue weighted by molar-refractivity contribution is -0.117. The fraction of sp³-hybridized carbons (Fsp3) is 0.500. The highest BCUT2D eigenvalue weighted by Crippen LogP contribution is 2.26. The molecule has 1 heterocycles. The summed E-state index contributed by atoms with van der Waals surface area (Å²) in [6.45, 7) is 0.812. The van der Waals surface area contributed by atoms with Gasteiger partial charge in [0.1, 0.15) is 0 Å². The summed E-state index contributed by atoms with van der Waals surface area (Å²) < 4.78 is 5.59. The van der Waals surface area contributed by atoms with Crippen molar-refractivity contribution in [3.05, 3.63) is 28.2 Å². The van der Waals surface area contributed by atoms with Crippen molar-refractivity contribution in [1.82, 2.24) is 0 Å². The van der Waals surface area contributed by atoms with Gasteiger partial charge in [-0.3, -0.25) is 4.79 Å². The molecule has 1 saturated heterocycles. The summed E-state index contributed by atoms with van der Waals surface area (Å²) in [5, 5.41) is 3.82. The van der Waals surface area contributed by atoms with Crippen molar-refractivity contribution in [3.63, 3.8) is 0 Å². The minimum Gasteiger partial charge on any atom is -0.378 e. The minimum absolute atomic E-state index is 0.0571. The van der Waals surface area contributed by atoms with Gasteiger partial charge < -0.3 is 10.1 Å². The van der Waals surface area contributed by atoms with Gasteiger partial charge in [0.05, 0.1) is 16.8 Å². The van der Waals surface area contributed by atoms with Crippen LogP contribution < -0.4 is 5.32 Å². The van der Waals surface area contributed by atoms with Crippen LogP contribution in [0.2, 0.25) is 10.0 Å². The van der Waals surface area contributed by atoms with Crippen LogP contribution in [-0.4, -0.2) is 18.6 Å². The number of carbonyl (C=O) groups excluding carboxylic acids is 1. The van der Waals surface area contributed by atoms with E-state index < -0.39 is 0 Å². The zero-order chi connectivity index (χ0) is 13.7. The fourth-order valence-electron chi connectivity index (χ4n) is 2.13. The Labute approximate surface area is 123 Å². The van der Waals surface area contributed by atoms with Gasteiger partial charge in [0.15, 0.2) is 0 Å². The Hall–Kier alpha value is -0.770. The lowest BCUT2D eigenvalue weighted by Gasteiger charge is -2.22. The van der Waals surface area contributed by atoms with Gasteiger partial charge in [0.2, 0.25) is 5.91 Å². The highest BCUT2D eigenvalue weighted by atomic mass is 35.5. The molecule has 0 bridgehead atoms. The predicted molar refractivity (Wildman–Crippen MR) is 77.9 cm³/mol. The lowest BCUT2D eigenvalue weighted by atomic mass is 10.0. The van der Waals surface area contributed by atoms with Crippen molar-refractivity contribution in [2.75, 3.05) is 11.9 Å². The highest BCUT2D eigenvalue weighted by Gasteiger charge is 2.15. The number of hydrogen-bond acceptors (Lipinski definition) is 2. The van der Waals surface area contributed by atoms with E-state index in [4.69, 9.17) is 27.9 Å². The first kappa shape index (κ1) is 14.6. The highest BCUT2D eigenvalue weighted by molar-refractivity contribution is 6.35. The molecule has 0 aliphatic carbocycles. The van der Waals surface area contributed by atoms with Crippen LogP contribution in [0.25, 0.3) is 0 Å². The second kappa shape index (κ2) is 7.13. The molecule has 0 aromatic heterocycles. The van der Waals surface area contributed by atoms with E-state index in [1.54, 1.807) is 18.2 Å². The second-order valence-corrected chi connectivity index (χ2v) is 5.54. The van der Waals surface area contributed by atoms with Crippen LogP contribution in [0, 0.1) is 0 Å². The van der Waals surface area contributed by atoms with Gasteiger partial charge in [-0.25, -0.2) is 0 Å². The standard InChI is InChI=1S/C14H17Cl2NO2/c15-10-4-6-12(16)13(9-10)17-14(18)7-5-11-3-1-2-8-19-11/h4,6,9,11H,1-3,5,7-8H2,(H,17,18). The molecule has 5 heteroatoms. The van der Waals surface area contributed by atoms with E-state index in [2.05, 4.69) is 5.32 Å². The topological polar surface area (TPSA) is 38.3 Å². The van der Waals surface area contributed by atoms with Crippen LogP contribution >= 0.6 is 23.2 Å². The van der Waals surface area contributed by atoms with E-state index in [1.807, 2.05) is 0 Å². The van der Waals surface area contributed by atoms with Crippen LogP contribution in [0.1, 0.15) is 32.1 Å². The zero-order valence-electron chi connectivity index (χ0n) is 10.6. The maximum atomic E-state index is 11.9. The molecule has 1 amide bonds. The Bertz CT molecular complexity index is 445. The summed E-state index contributed by atoms with van der Waals surface area (Å²) in [7, 11) is 0. The van der Waals surface area contributed by atoms with Crippen molar-refractivity contribution in [1.29, 1.82) is 0 Å². The Morgan fingerprint density at radius 2 is 2.21 bits per heavy atom. The molecule has 19 heavy (non-hydrogen) atoms. The number of amides is 1. The van der Waals surface area contributed by atoms with Crippen LogP contribution in [0.3, 0.4) is 0 Å². The molecule has 1 atom stereocenters. The van der Waals surface area contributed by atoms with Gasteiger partial charge in [-0.15, -0.1) is 0 Å². The Morgan fingerprint density at radius 3 is 2.95 bits per heavy atom. The number of rotatable bonds is 4. The smallest absolute Gasteiger partial charge is 0.224 e. The number of nitrogens with one attached hydrogen (secondary N) is 1. The quantitative estimate of drug-likeness (QED) is 0.901. The van der Waals surface area contributed by atoms with E-state index in [0.29, 0.717) is 22.2 Å². The Morgan fingerprint density at radius 1 is 1.37 bits per heavy atom. The van der Waals surface area contributed by atoms with Gasteiger partial charge in [-0.1, -0.05) is 23.2 Å². The number of halogens is 2. The molecular formula is C14H17Cl2NO2. The Balaban J connectivity index is 1.81. The summed E-state index contributed by atoms with van der Waals surface area (Å²) in [5.74, 6) is -0.0571. The lowest BCUT2D eigenvalue weighted by Crippen LogP contribution is -2.21. The van der Waals surface area contributed by atoms with Crippen molar-refractivity contribution in [2.45, 2.75) is 38.2 Å². The maximum Gasteiger partial charge on any atom is 0.224 e. The molecule has 1 aliphatic heterocycles. The summed E-state index contributed by atoms with van der Waals surface area (Å²) in [6.07, 6.45) is 4.77. The normalized spacial score (nSPS) is 19.2. The Kier molecular flexibility index (Phi) is 5.49. The molecule has 1 N–H and O–H groups in total. The average Bonchev–Trinajstić information content (AvgIpc) is 2.42. The molecular weight excluding hydrogens is 285 g/mol. The molecule has 1 aliphatic rings. The van der Waals surface area contributed by atoms with Crippen molar-refractivity contribution in [3.8, 4) is 0 Å². The van der Waals surface area contributed by atoms with Crippen LogP contribution in [-0.2, 0) is 9.53 Å².